The lowest BCUT2D eigenvalue weighted by Gasteiger charge is -2.24. The van der Waals surface area contributed by atoms with Crippen LogP contribution in [0.4, 0.5) is 17.2 Å². The third-order valence-electron chi connectivity index (χ3n) is 6.08. The molecule has 1 aliphatic carbocycles. The molecule has 5 aromatic rings. The Kier molecular flexibility index (Phi) is 4.82. The van der Waals surface area contributed by atoms with Gasteiger partial charge in [0.25, 0.3) is 0 Å². The van der Waals surface area contributed by atoms with Crippen molar-refractivity contribution in [1.29, 1.82) is 0 Å². The van der Waals surface area contributed by atoms with Gasteiger partial charge in [0.15, 0.2) is 0 Å². The van der Waals surface area contributed by atoms with E-state index >= 15 is 0 Å². The molecular weight excluding hydrogens is 400 g/mol. The minimum Gasteiger partial charge on any atom is -0.295 e. The van der Waals surface area contributed by atoms with Crippen LogP contribution in [0, 0.1) is 0 Å². The second kappa shape index (κ2) is 8.25. The Balaban J connectivity index is 1.41. The van der Waals surface area contributed by atoms with Crippen LogP contribution in [-0.2, 0) is 0 Å². The van der Waals surface area contributed by atoms with Crippen LogP contribution < -0.4 is 4.90 Å². The number of anilines is 3. The average Bonchev–Trinajstić information content (AvgIpc) is 3.20. The van der Waals surface area contributed by atoms with E-state index in [0.29, 0.717) is 0 Å². The van der Waals surface area contributed by atoms with Crippen LogP contribution >= 0.6 is 0 Å². The van der Waals surface area contributed by atoms with Crippen LogP contribution in [0.25, 0.3) is 22.8 Å². The number of pyridine rings is 1. The molecule has 156 valence electrons. The Morgan fingerprint density at radius 1 is 0.485 bits per heavy atom. The third kappa shape index (κ3) is 3.52. The quantitative estimate of drug-likeness (QED) is 0.285. The van der Waals surface area contributed by atoms with Gasteiger partial charge in [-0.1, -0.05) is 84.9 Å². The standard InChI is InChI=1S/C31H22N2/c1-2-10-24(11-3-1)33(31-16-8-9-21-32-31)25-19-17-23(18-20-25)22-30-28-14-6-4-12-26(28)27-13-5-7-15-29(27)30/h1-22H. The molecule has 0 saturated carbocycles. The van der Waals surface area contributed by atoms with Crippen molar-refractivity contribution in [3.05, 3.63) is 144 Å². The van der Waals surface area contributed by atoms with Gasteiger partial charge in [0.1, 0.15) is 5.82 Å². The Morgan fingerprint density at radius 3 is 1.64 bits per heavy atom. The van der Waals surface area contributed by atoms with E-state index in [2.05, 4.69) is 113 Å². The maximum atomic E-state index is 4.60. The fourth-order valence-electron chi connectivity index (χ4n) is 4.57. The smallest absolute Gasteiger partial charge is 0.137 e. The summed E-state index contributed by atoms with van der Waals surface area (Å²) in [5.41, 5.74) is 9.82. The minimum atomic E-state index is 0.897. The highest BCUT2D eigenvalue weighted by Gasteiger charge is 2.22. The zero-order valence-electron chi connectivity index (χ0n) is 18.1. The molecule has 1 heterocycles. The lowest BCUT2D eigenvalue weighted by Crippen LogP contribution is -2.11. The summed E-state index contributed by atoms with van der Waals surface area (Å²) in [7, 11) is 0. The van der Waals surface area contributed by atoms with Crippen LogP contribution in [0.2, 0.25) is 0 Å². The van der Waals surface area contributed by atoms with E-state index in [0.717, 1.165) is 17.2 Å². The van der Waals surface area contributed by atoms with E-state index in [1.807, 2.05) is 30.5 Å². The van der Waals surface area contributed by atoms with Gasteiger partial charge >= 0.3 is 0 Å². The summed E-state index contributed by atoms with van der Waals surface area (Å²) in [5, 5.41) is 0. The first kappa shape index (κ1) is 19.3. The van der Waals surface area contributed by atoms with E-state index in [1.54, 1.807) is 0 Å². The molecule has 0 fully saturated rings. The molecule has 0 bridgehead atoms. The van der Waals surface area contributed by atoms with Gasteiger partial charge < -0.3 is 0 Å². The summed E-state index contributed by atoms with van der Waals surface area (Å²) >= 11 is 0. The summed E-state index contributed by atoms with van der Waals surface area (Å²) in [4.78, 5) is 6.78. The number of hydrogen-bond acceptors (Lipinski definition) is 2. The first-order valence-corrected chi connectivity index (χ1v) is 11.2. The maximum absolute atomic E-state index is 4.60. The average molecular weight is 423 g/mol. The monoisotopic (exact) mass is 422 g/mol. The molecule has 1 aromatic heterocycles. The van der Waals surface area contributed by atoms with Crippen molar-refractivity contribution in [3.63, 3.8) is 0 Å². The minimum absolute atomic E-state index is 0.897. The van der Waals surface area contributed by atoms with Gasteiger partial charge in [-0.3, -0.25) is 4.90 Å². The van der Waals surface area contributed by atoms with E-state index in [4.69, 9.17) is 0 Å². The lowest BCUT2D eigenvalue weighted by molar-refractivity contribution is 1.18. The number of aromatic nitrogens is 1. The molecule has 0 aliphatic heterocycles. The van der Waals surface area contributed by atoms with E-state index in [9.17, 15) is 0 Å². The van der Waals surface area contributed by atoms with Crippen LogP contribution in [-0.4, -0.2) is 4.98 Å². The molecule has 0 atom stereocenters. The molecule has 0 saturated heterocycles. The van der Waals surface area contributed by atoms with Crippen molar-refractivity contribution in [2.24, 2.45) is 0 Å². The fourth-order valence-corrected chi connectivity index (χ4v) is 4.57. The SMILES string of the molecule is C(=C1c2ccccc2-c2ccccc21)c1ccc(N(c2ccccc2)c2ccccn2)cc1. The second-order valence-electron chi connectivity index (χ2n) is 8.10. The molecule has 33 heavy (non-hydrogen) atoms. The van der Waals surface area contributed by atoms with Gasteiger partial charge in [-0.2, -0.15) is 0 Å². The Labute approximate surface area is 194 Å². The lowest BCUT2D eigenvalue weighted by atomic mass is 10.0. The number of nitrogens with zero attached hydrogens (tertiary/aromatic N) is 2. The molecule has 0 spiro atoms. The second-order valence-corrected chi connectivity index (χ2v) is 8.10. The number of para-hydroxylation sites is 1. The summed E-state index contributed by atoms with van der Waals surface area (Å²) < 4.78 is 0. The molecule has 0 radical (unpaired) electrons. The van der Waals surface area contributed by atoms with Crippen molar-refractivity contribution in [1.82, 2.24) is 4.98 Å². The molecular formula is C31H22N2. The van der Waals surface area contributed by atoms with Crippen LogP contribution in [0.15, 0.2) is 128 Å². The number of benzene rings is 4. The van der Waals surface area contributed by atoms with E-state index in [-0.39, 0.29) is 0 Å². The van der Waals surface area contributed by atoms with Crippen molar-refractivity contribution in [2.45, 2.75) is 0 Å². The molecule has 0 amide bonds. The Bertz CT molecular complexity index is 1350. The highest BCUT2D eigenvalue weighted by atomic mass is 15.2. The maximum Gasteiger partial charge on any atom is 0.137 e. The Hall–Kier alpha value is -4.43. The number of rotatable bonds is 4. The third-order valence-corrected chi connectivity index (χ3v) is 6.08. The van der Waals surface area contributed by atoms with Crippen molar-refractivity contribution in [2.75, 3.05) is 4.90 Å². The first-order valence-electron chi connectivity index (χ1n) is 11.2. The Morgan fingerprint density at radius 2 is 1.03 bits per heavy atom. The van der Waals surface area contributed by atoms with Gasteiger partial charge in [0.2, 0.25) is 0 Å². The molecule has 0 N–H and O–H groups in total. The van der Waals surface area contributed by atoms with Gasteiger partial charge in [-0.15, -0.1) is 0 Å². The molecule has 1 aliphatic rings. The van der Waals surface area contributed by atoms with E-state index < -0.39 is 0 Å². The largest absolute Gasteiger partial charge is 0.295 e. The van der Waals surface area contributed by atoms with Crippen LogP contribution in [0.5, 0.6) is 0 Å². The van der Waals surface area contributed by atoms with Gasteiger partial charge in [0.05, 0.1) is 0 Å². The molecule has 2 heteroatoms. The normalized spacial score (nSPS) is 11.6. The summed E-state index contributed by atoms with van der Waals surface area (Å²) in [5.74, 6) is 0.897. The summed E-state index contributed by atoms with van der Waals surface area (Å²) in [6, 6.07) is 42.4. The summed E-state index contributed by atoms with van der Waals surface area (Å²) in [6.45, 7) is 0. The van der Waals surface area contributed by atoms with Gasteiger partial charge in [-0.25, -0.2) is 4.98 Å². The molecule has 4 aromatic carbocycles. The zero-order valence-corrected chi connectivity index (χ0v) is 18.1. The van der Waals surface area contributed by atoms with Gasteiger partial charge in [0, 0.05) is 17.6 Å². The van der Waals surface area contributed by atoms with Crippen molar-refractivity contribution in [3.8, 4) is 11.1 Å². The predicted molar refractivity (Wildman–Crippen MR) is 138 cm³/mol. The molecule has 6 rings (SSSR count). The molecule has 2 nitrogen and oxygen atoms in total. The molecule has 0 unspecified atom stereocenters. The van der Waals surface area contributed by atoms with Crippen molar-refractivity contribution < 1.29 is 0 Å². The van der Waals surface area contributed by atoms with Crippen LogP contribution in [0.3, 0.4) is 0 Å². The highest BCUT2D eigenvalue weighted by molar-refractivity contribution is 6.06. The topological polar surface area (TPSA) is 16.1 Å². The predicted octanol–water partition coefficient (Wildman–Crippen LogP) is 8.12. The highest BCUT2D eigenvalue weighted by Crippen LogP contribution is 2.44. The van der Waals surface area contributed by atoms with Crippen LogP contribution in [0.1, 0.15) is 16.7 Å². The fraction of sp³-hybridized carbons (Fsp3) is 0. The number of fused-ring (bicyclic) bond motifs is 3. The number of hydrogen-bond donors (Lipinski definition) is 0. The zero-order chi connectivity index (χ0) is 22.0. The van der Waals surface area contributed by atoms with E-state index in [1.165, 1.54) is 33.4 Å². The first-order chi connectivity index (χ1) is 16.4. The van der Waals surface area contributed by atoms with Crippen molar-refractivity contribution >= 4 is 28.8 Å². The summed E-state index contributed by atoms with van der Waals surface area (Å²) in [6.07, 6.45) is 4.13. The van der Waals surface area contributed by atoms with Gasteiger partial charge in [-0.05, 0) is 75.9 Å².